The molecule has 2 aromatic carbocycles. The van der Waals surface area contributed by atoms with E-state index in [-0.39, 0.29) is 18.1 Å². The van der Waals surface area contributed by atoms with Gasteiger partial charge in [-0.25, -0.2) is 4.79 Å². The fourth-order valence-corrected chi connectivity index (χ4v) is 4.69. The summed E-state index contributed by atoms with van der Waals surface area (Å²) >= 11 is 6.31. The lowest BCUT2D eigenvalue weighted by Gasteiger charge is -2.33. The number of aromatic nitrogens is 1. The minimum absolute atomic E-state index is 0.0552. The highest BCUT2D eigenvalue weighted by molar-refractivity contribution is 6.31. The number of nitrogens with one attached hydrogen (secondary N) is 1. The number of carbonyl (C=O) groups is 1. The number of ether oxygens (including phenoxy) is 1. The third-order valence-corrected chi connectivity index (χ3v) is 6.29. The van der Waals surface area contributed by atoms with E-state index in [4.69, 9.17) is 16.3 Å². The predicted octanol–water partition coefficient (Wildman–Crippen LogP) is 4.63. The number of piperazine rings is 1. The van der Waals surface area contributed by atoms with Crippen LogP contribution in [0.1, 0.15) is 28.7 Å². The van der Waals surface area contributed by atoms with Gasteiger partial charge in [0.05, 0.1) is 6.04 Å². The first-order valence-corrected chi connectivity index (χ1v) is 10.5. The van der Waals surface area contributed by atoms with Gasteiger partial charge in [-0.05, 0) is 28.3 Å². The summed E-state index contributed by atoms with van der Waals surface area (Å²) in [4.78, 5) is 18.8. The van der Waals surface area contributed by atoms with E-state index in [1.54, 1.807) is 23.4 Å². The van der Waals surface area contributed by atoms with Gasteiger partial charge >= 0.3 is 6.09 Å². The summed E-state index contributed by atoms with van der Waals surface area (Å²) in [5.41, 5.74) is 5.78. The first-order valence-electron chi connectivity index (χ1n) is 10.1. The van der Waals surface area contributed by atoms with Crippen LogP contribution in [0.2, 0.25) is 5.02 Å². The molecule has 6 heteroatoms. The molecule has 1 atom stereocenters. The van der Waals surface area contributed by atoms with Crippen LogP contribution >= 0.6 is 11.6 Å². The van der Waals surface area contributed by atoms with Crippen LogP contribution in [-0.4, -0.2) is 42.2 Å². The summed E-state index contributed by atoms with van der Waals surface area (Å²) in [6.45, 7) is 2.11. The van der Waals surface area contributed by atoms with Crippen LogP contribution < -0.4 is 5.32 Å². The van der Waals surface area contributed by atoms with Gasteiger partial charge in [-0.2, -0.15) is 0 Å². The minimum Gasteiger partial charge on any atom is -0.448 e. The maximum Gasteiger partial charge on any atom is 0.409 e. The predicted molar refractivity (Wildman–Crippen MR) is 117 cm³/mol. The van der Waals surface area contributed by atoms with E-state index in [9.17, 15) is 4.79 Å². The van der Waals surface area contributed by atoms with Crippen molar-refractivity contribution in [3.05, 3.63) is 88.7 Å². The number of hydrogen-bond acceptors (Lipinski definition) is 4. The molecule has 1 amide bonds. The molecule has 5 rings (SSSR count). The number of carbonyl (C=O) groups excluding carboxylic acids is 1. The Kier molecular flexibility index (Phi) is 5.15. The molecular formula is C24H22ClN3O2. The largest absolute Gasteiger partial charge is 0.448 e. The van der Waals surface area contributed by atoms with E-state index in [0.717, 1.165) is 5.56 Å². The Morgan fingerprint density at radius 3 is 2.47 bits per heavy atom. The molecule has 1 fully saturated rings. The van der Waals surface area contributed by atoms with Crippen molar-refractivity contribution >= 4 is 17.7 Å². The highest BCUT2D eigenvalue weighted by atomic mass is 35.5. The van der Waals surface area contributed by atoms with Crippen LogP contribution in [0.15, 0.2) is 67.0 Å². The SMILES string of the molecule is O=C(OCC1c2ccccc2-c2ccccc21)N1CCNC(c2cnccc2Cl)C1. The molecule has 0 spiro atoms. The minimum atomic E-state index is -0.289. The first-order chi connectivity index (χ1) is 14.7. The Morgan fingerprint density at radius 1 is 1.07 bits per heavy atom. The van der Waals surface area contributed by atoms with Crippen molar-refractivity contribution in [1.82, 2.24) is 15.2 Å². The van der Waals surface area contributed by atoms with Crippen molar-refractivity contribution in [1.29, 1.82) is 0 Å². The van der Waals surface area contributed by atoms with E-state index < -0.39 is 0 Å². The molecule has 1 unspecified atom stereocenters. The molecule has 1 aliphatic carbocycles. The number of hydrogen-bond donors (Lipinski definition) is 1. The lowest BCUT2D eigenvalue weighted by molar-refractivity contribution is 0.0883. The molecule has 1 aromatic heterocycles. The van der Waals surface area contributed by atoms with Gasteiger partial charge in [0.25, 0.3) is 0 Å². The summed E-state index contributed by atoms with van der Waals surface area (Å²) < 4.78 is 5.80. The monoisotopic (exact) mass is 419 g/mol. The zero-order valence-electron chi connectivity index (χ0n) is 16.4. The molecule has 2 aliphatic rings. The molecule has 0 bridgehead atoms. The average Bonchev–Trinajstić information content (AvgIpc) is 3.12. The fraction of sp³-hybridized carbons (Fsp3) is 0.250. The van der Waals surface area contributed by atoms with Gasteiger partial charge in [0.1, 0.15) is 6.61 Å². The Balaban J connectivity index is 1.29. The normalized spacial score (nSPS) is 18.0. The molecular weight excluding hydrogens is 398 g/mol. The van der Waals surface area contributed by atoms with Gasteiger partial charge in [0.2, 0.25) is 0 Å². The Morgan fingerprint density at radius 2 is 1.77 bits per heavy atom. The second-order valence-electron chi connectivity index (χ2n) is 7.65. The maximum absolute atomic E-state index is 12.9. The van der Waals surface area contributed by atoms with Gasteiger partial charge in [-0.1, -0.05) is 60.1 Å². The number of rotatable bonds is 3. The van der Waals surface area contributed by atoms with Crippen LogP contribution in [0.5, 0.6) is 0 Å². The molecule has 5 nitrogen and oxygen atoms in total. The van der Waals surface area contributed by atoms with E-state index in [0.29, 0.717) is 31.3 Å². The van der Waals surface area contributed by atoms with Crippen molar-refractivity contribution < 1.29 is 9.53 Å². The molecule has 1 aliphatic heterocycles. The van der Waals surface area contributed by atoms with Crippen LogP contribution in [0.3, 0.4) is 0 Å². The van der Waals surface area contributed by atoms with Crippen LogP contribution in [0.4, 0.5) is 4.79 Å². The highest BCUT2D eigenvalue weighted by Crippen LogP contribution is 2.44. The lowest BCUT2D eigenvalue weighted by atomic mass is 9.98. The molecule has 1 saturated heterocycles. The molecule has 152 valence electrons. The van der Waals surface area contributed by atoms with Crippen molar-refractivity contribution in [2.75, 3.05) is 26.2 Å². The van der Waals surface area contributed by atoms with Crippen LogP contribution in [0, 0.1) is 0 Å². The van der Waals surface area contributed by atoms with Crippen molar-refractivity contribution in [3.8, 4) is 11.1 Å². The number of nitrogens with zero attached hydrogens (tertiary/aromatic N) is 2. The summed E-state index contributed by atoms with van der Waals surface area (Å²) in [6, 6.07) is 18.4. The van der Waals surface area contributed by atoms with Crippen LogP contribution in [-0.2, 0) is 4.74 Å². The lowest BCUT2D eigenvalue weighted by Crippen LogP contribution is -2.48. The molecule has 3 aromatic rings. The second-order valence-corrected chi connectivity index (χ2v) is 8.06. The Bertz CT molecular complexity index is 1040. The van der Waals surface area contributed by atoms with E-state index in [1.165, 1.54) is 22.3 Å². The number of pyridine rings is 1. The number of amides is 1. The maximum atomic E-state index is 12.9. The van der Waals surface area contributed by atoms with E-state index >= 15 is 0 Å². The standard InChI is InChI=1S/C24H22ClN3O2/c25-22-9-10-26-13-20(22)23-14-28(12-11-27-23)24(29)30-15-21-18-7-3-1-5-16(18)17-6-2-4-8-19(17)21/h1-10,13,21,23,27H,11-12,14-15H2. The molecule has 1 N–H and O–H groups in total. The second kappa shape index (κ2) is 8.09. The van der Waals surface area contributed by atoms with Gasteiger partial charge < -0.3 is 15.0 Å². The zero-order chi connectivity index (χ0) is 20.5. The van der Waals surface area contributed by atoms with E-state index in [2.05, 4.69) is 46.7 Å². The van der Waals surface area contributed by atoms with E-state index in [1.807, 2.05) is 12.1 Å². The summed E-state index contributed by atoms with van der Waals surface area (Å²) in [6.07, 6.45) is 3.13. The molecule has 0 saturated carbocycles. The molecule has 0 radical (unpaired) electrons. The van der Waals surface area contributed by atoms with Gasteiger partial charge in [-0.3, -0.25) is 4.98 Å². The number of halogens is 1. The third-order valence-electron chi connectivity index (χ3n) is 5.94. The van der Waals surface area contributed by atoms with Crippen molar-refractivity contribution in [2.45, 2.75) is 12.0 Å². The van der Waals surface area contributed by atoms with Crippen molar-refractivity contribution in [3.63, 3.8) is 0 Å². The third kappa shape index (κ3) is 3.44. The Labute approximate surface area is 180 Å². The fourth-order valence-electron chi connectivity index (χ4n) is 4.46. The smallest absolute Gasteiger partial charge is 0.409 e. The quantitative estimate of drug-likeness (QED) is 0.672. The highest BCUT2D eigenvalue weighted by Gasteiger charge is 2.31. The summed E-state index contributed by atoms with van der Waals surface area (Å²) in [7, 11) is 0. The summed E-state index contributed by atoms with van der Waals surface area (Å²) in [5.74, 6) is 0.0628. The number of fused-ring (bicyclic) bond motifs is 3. The van der Waals surface area contributed by atoms with Gasteiger partial charge in [0.15, 0.2) is 0 Å². The van der Waals surface area contributed by atoms with Gasteiger partial charge in [0, 0.05) is 48.5 Å². The van der Waals surface area contributed by atoms with Crippen LogP contribution in [0.25, 0.3) is 11.1 Å². The average molecular weight is 420 g/mol. The first kappa shape index (κ1) is 19.1. The zero-order valence-corrected chi connectivity index (χ0v) is 17.2. The topological polar surface area (TPSA) is 54.5 Å². The molecule has 30 heavy (non-hydrogen) atoms. The Hall–Kier alpha value is -2.89. The summed E-state index contributed by atoms with van der Waals surface area (Å²) in [5, 5.41) is 4.06. The molecule has 2 heterocycles. The number of benzene rings is 2. The van der Waals surface area contributed by atoms with Crippen molar-refractivity contribution in [2.24, 2.45) is 0 Å². The van der Waals surface area contributed by atoms with Gasteiger partial charge in [-0.15, -0.1) is 0 Å².